The van der Waals surface area contributed by atoms with Crippen molar-refractivity contribution < 1.29 is 32.2 Å². The van der Waals surface area contributed by atoms with Crippen LogP contribution in [-0.2, 0) is 34.1 Å². The van der Waals surface area contributed by atoms with Crippen LogP contribution in [0.1, 0.15) is 27.3 Å². The van der Waals surface area contributed by atoms with Gasteiger partial charge in [0, 0.05) is 43.5 Å². The van der Waals surface area contributed by atoms with Gasteiger partial charge in [-0.2, -0.15) is 0 Å². The SMILES string of the molecule is [C-]#[N+]c1ccc(COc2cccc(-c3ccc(Cc4nc5ccc(C(=O)O)cc5n4CCOC)c(S(C)(=O)=O)c3)n2)c(F)c1. The van der Waals surface area contributed by atoms with E-state index in [1.54, 1.807) is 55.6 Å². The van der Waals surface area contributed by atoms with Crippen LogP contribution in [0, 0.1) is 12.4 Å². The Balaban J connectivity index is 1.46. The molecule has 0 aliphatic carbocycles. The van der Waals surface area contributed by atoms with Crippen LogP contribution < -0.4 is 4.74 Å². The predicted molar refractivity (Wildman–Crippen MR) is 161 cm³/mol. The summed E-state index contributed by atoms with van der Waals surface area (Å²) in [6, 6.07) is 18.8. The lowest BCUT2D eigenvalue weighted by Crippen LogP contribution is -2.11. The molecule has 5 aromatic rings. The second-order valence-corrected chi connectivity index (χ2v) is 12.0. The Morgan fingerprint density at radius 2 is 1.84 bits per heavy atom. The highest BCUT2D eigenvalue weighted by Crippen LogP contribution is 2.29. The number of hydrogen-bond acceptors (Lipinski definition) is 7. The molecule has 2 heterocycles. The number of carboxylic acid groups (broad SMARTS) is 1. The number of aromatic carboxylic acids is 1. The lowest BCUT2D eigenvalue weighted by molar-refractivity contribution is 0.0697. The molecule has 3 aromatic carbocycles. The molecule has 0 fully saturated rings. The molecule has 0 saturated heterocycles. The van der Waals surface area contributed by atoms with E-state index in [2.05, 4.69) is 14.8 Å². The molecule has 12 heteroatoms. The Labute approximate surface area is 253 Å². The van der Waals surface area contributed by atoms with E-state index in [9.17, 15) is 22.7 Å². The minimum Gasteiger partial charge on any atom is -0.478 e. The average Bonchev–Trinajstić information content (AvgIpc) is 3.34. The van der Waals surface area contributed by atoms with Crippen molar-refractivity contribution >= 4 is 32.5 Å². The third kappa shape index (κ3) is 6.59. The van der Waals surface area contributed by atoms with E-state index in [1.165, 1.54) is 18.2 Å². The number of pyridine rings is 1. The van der Waals surface area contributed by atoms with Gasteiger partial charge in [-0.25, -0.2) is 32.4 Å². The minimum atomic E-state index is -3.69. The first-order valence-corrected chi connectivity index (χ1v) is 15.3. The summed E-state index contributed by atoms with van der Waals surface area (Å²) in [5, 5.41) is 9.47. The zero-order valence-corrected chi connectivity index (χ0v) is 24.6. The molecule has 1 N–H and O–H groups in total. The number of fused-ring (bicyclic) bond motifs is 1. The summed E-state index contributed by atoms with van der Waals surface area (Å²) in [6.07, 6.45) is 1.29. The van der Waals surface area contributed by atoms with Crippen molar-refractivity contribution in [3.8, 4) is 17.1 Å². The molecule has 0 aliphatic rings. The fraction of sp³-hybridized carbons (Fsp3) is 0.188. The smallest absolute Gasteiger partial charge is 0.335 e. The number of sulfone groups is 1. The van der Waals surface area contributed by atoms with Crippen molar-refractivity contribution in [3.63, 3.8) is 0 Å². The number of aromatic nitrogens is 3. The quantitative estimate of drug-likeness (QED) is 0.188. The molecule has 0 saturated carbocycles. The van der Waals surface area contributed by atoms with Crippen molar-refractivity contribution in [2.75, 3.05) is 20.0 Å². The fourth-order valence-corrected chi connectivity index (χ4v) is 5.74. The summed E-state index contributed by atoms with van der Waals surface area (Å²) in [7, 11) is -2.13. The number of carboxylic acids is 1. The lowest BCUT2D eigenvalue weighted by atomic mass is 10.1. The van der Waals surface area contributed by atoms with E-state index in [0.717, 1.165) is 12.3 Å². The maximum absolute atomic E-state index is 14.3. The van der Waals surface area contributed by atoms with Crippen LogP contribution >= 0.6 is 0 Å². The number of hydrogen-bond donors (Lipinski definition) is 1. The first-order valence-electron chi connectivity index (χ1n) is 13.4. The summed E-state index contributed by atoms with van der Waals surface area (Å²) < 4.78 is 53.0. The highest BCUT2D eigenvalue weighted by atomic mass is 32.2. The molecule has 0 radical (unpaired) electrons. The molecular formula is C32H27FN4O6S. The Kier molecular flexibility index (Phi) is 8.71. The van der Waals surface area contributed by atoms with Gasteiger partial charge < -0.3 is 19.1 Å². The van der Waals surface area contributed by atoms with Crippen molar-refractivity contribution in [2.45, 2.75) is 24.5 Å². The largest absolute Gasteiger partial charge is 0.478 e. The molecule has 0 unspecified atom stereocenters. The molecule has 44 heavy (non-hydrogen) atoms. The summed E-state index contributed by atoms with van der Waals surface area (Å²) in [4.78, 5) is 24.1. The maximum Gasteiger partial charge on any atom is 0.335 e. The zero-order valence-electron chi connectivity index (χ0n) is 23.8. The van der Waals surface area contributed by atoms with Crippen LogP contribution in [0.2, 0.25) is 0 Å². The molecule has 0 aliphatic heterocycles. The Hall–Kier alpha value is -5.12. The summed E-state index contributed by atoms with van der Waals surface area (Å²) in [5.74, 6) is -0.842. The highest BCUT2D eigenvalue weighted by Gasteiger charge is 2.20. The summed E-state index contributed by atoms with van der Waals surface area (Å²) in [5.41, 5.74) is 3.27. The number of ether oxygens (including phenoxy) is 2. The molecule has 0 amide bonds. The summed E-state index contributed by atoms with van der Waals surface area (Å²) >= 11 is 0. The van der Waals surface area contributed by atoms with Crippen LogP contribution in [0.25, 0.3) is 27.1 Å². The first-order chi connectivity index (χ1) is 21.1. The number of carbonyl (C=O) groups is 1. The van der Waals surface area contributed by atoms with E-state index in [-0.39, 0.29) is 40.6 Å². The molecule has 224 valence electrons. The topological polar surface area (TPSA) is 125 Å². The summed E-state index contributed by atoms with van der Waals surface area (Å²) in [6.45, 7) is 7.63. The van der Waals surface area contributed by atoms with Crippen molar-refractivity contribution in [3.05, 3.63) is 113 Å². The van der Waals surface area contributed by atoms with Gasteiger partial charge in [0.1, 0.15) is 18.2 Å². The van der Waals surface area contributed by atoms with Crippen molar-refractivity contribution in [1.82, 2.24) is 14.5 Å². The minimum absolute atomic E-state index is 0.0988. The van der Waals surface area contributed by atoms with Gasteiger partial charge in [0.15, 0.2) is 15.5 Å². The number of nitrogens with zero attached hydrogens (tertiary/aromatic N) is 4. The van der Waals surface area contributed by atoms with Gasteiger partial charge in [-0.1, -0.05) is 30.3 Å². The van der Waals surface area contributed by atoms with Crippen molar-refractivity contribution in [2.24, 2.45) is 0 Å². The monoisotopic (exact) mass is 614 g/mol. The maximum atomic E-state index is 14.3. The Bertz CT molecular complexity index is 2030. The molecule has 0 bridgehead atoms. The van der Waals surface area contributed by atoms with E-state index in [0.29, 0.717) is 46.8 Å². The van der Waals surface area contributed by atoms with Gasteiger partial charge in [0.05, 0.1) is 40.4 Å². The molecular weight excluding hydrogens is 587 g/mol. The third-order valence-corrected chi connectivity index (χ3v) is 8.15. The average molecular weight is 615 g/mol. The normalized spacial score (nSPS) is 11.4. The standard InChI is InChI=1S/C32H27FN4O6S/c1-34-24-11-9-23(25(33)18-24)19-43-31-6-4-5-26(36-31)20-7-8-21(29(16-20)44(3,40)41)17-30-35-27-12-10-22(32(38)39)15-28(27)37(30)13-14-42-2/h4-12,15-16,18H,13-14,17,19H2,2-3H3,(H,38,39). The second-order valence-electron chi connectivity index (χ2n) is 9.99. The van der Waals surface area contributed by atoms with Gasteiger partial charge in [0.25, 0.3) is 0 Å². The highest BCUT2D eigenvalue weighted by molar-refractivity contribution is 7.90. The van der Waals surface area contributed by atoms with Crippen LogP contribution in [0.15, 0.2) is 77.7 Å². The van der Waals surface area contributed by atoms with Crippen molar-refractivity contribution in [1.29, 1.82) is 0 Å². The fourth-order valence-electron chi connectivity index (χ4n) is 4.78. The number of benzene rings is 3. The first kappa shape index (κ1) is 30.3. The van der Waals surface area contributed by atoms with Crippen LogP contribution in [-0.4, -0.2) is 54.0 Å². The zero-order chi connectivity index (χ0) is 31.4. The van der Waals surface area contributed by atoms with Crippen LogP contribution in [0.3, 0.4) is 0 Å². The van der Waals surface area contributed by atoms with Gasteiger partial charge in [0.2, 0.25) is 5.88 Å². The van der Waals surface area contributed by atoms with Gasteiger partial charge >= 0.3 is 5.97 Å². The molecule has 0 atom stereocenters. The van der Waals surface area contributed by atoms with Crippen LogP contribution in [0.5, 0.6) is 5.88 Å². The predicted octanol–water partition coefficient (Wildman–Crippen LogP) is 5.71. The number of rotatable bonds is 11. The number of halogens is 1. The van der Waals surface area contributed by atoms with Gasteiger partial charge in [-0.15, -0.1) is 0 Å². The van der Waals surface area contributed by atoms with E-state index < -0.39 is 21.6 Å². The van der Waals surface area contributed by atoms with Gasteiger partial charge in [-0.05, 0) is 42.0 Å². The molecule has 5 rings (SSSR count). The Morgan fingerprint density at radius 1 is 1.05 bits per heavy atom. The van der Waals surface area contributed by atoms with Crippen LogP contribution in [0.4, 0.5) is 10.1 Å². The molecule has 0 spiro atoms. The molecule has 2 aromatic heterocycles. The number of imidazole rings is 1. The number of methoxy groups -OCH3 is 1. The second kappa shape index (κ2) is 12.6. The third-order valence-electron chi connectivity index (χ3n) is 6.97. The Morgan fingerprint density at radius 3 is 2.55 bits per heavy atom. The lowest BCUT2D eigenvalue weighted by Gasteiger charge is -2.13. The van der Waals surface area contributed by atoms with E-state index >= 15 is 0 Å². The van der Waals surface area contributed by atoms with E-state index in [1.807, 2.05) is 4.57 Å². The van der Waals surface area contributed by atoms with Gasteiger partial charge in [-0.3, -0.25) is 0 Å². The van der Waals surface area contributed by atoms with E-state index in [4.69, 9.17) is 16.0 Å². The molecule has 10 nitrogen and oxygen atoms in total.